The molecule has 2 heteroatoms. The minimum absolute atomic E-state index is 0.304. The summed E-state index contributed by atoms with van der Waals surface area (Å²) in [5, 5.41) is 8.51. The van der Waals surface area contributed by atoms with Gasteiger partial charge < -0.3 is 5.11 Å². The first kappa shape index (κ1) is 21.0. The Bertz CT molecular complexity index is 301. The molecule has 0 saturated carbocycles. The lowest BCUT2D eigenvalue weighted by molar-refractivity contribution is -0.137. The molecule has 1 N–H and O–H groups in total. The maximum Gasteiger partial charge on any atom is 0.303 e. The molecule has 0 aliphatic carbocycles. The van der Waals surface area contributed by atoms with Gasteiger partial charge in [-0.2, -0.15) is 0 Å². The minimum atomic E-state index is -0.684. The van der Waals surface area contributed by atoms with Gasteiger partial charge in [-0.05, 0) is 44.3 Å². The Labute approximate surface area is 137 Å². The van der Waals surface area contributed by atoms with Crippen LogP contribution in [0.25, 0.3) is 0 Å². The van der Waals surface area contributed by atoms with Gasteiger partial charge in [-0.1, -0.05) is 64.7 Å². The summed E-state index contributed by atoms with van der Waals surface area (Å²) in [5.41, 5.74) is 3.24. The van der Waals surface area contributed by atoms with Crippen molar-refractivity contribution in [3.05, 3.63) is 17.9 Å². The largest absolute Gasteiger partial charge is 0.481 e. The first-order valence-corrected chi connectivity index (χ1v) is 9.38. The summed E-state index contributed by atoms with van der Waals surface area (Å²) in [7, 11) is 0. The van der Waals surface area contributed by atoms with E-state index in [2.05, 4.69) is 24.8 Å². The fourth-order valence-corrected chi connectivity index (χ4v) is 2.51. The van der Waals surface area contributed by atoms with Crippen LogP contribution in [0, 0.1) is 0 Å². The Morgan fingerprint density at radius 1 is 0.773 bits per heavy atom. The molecule has 0 heterocycles. The molecular weight excluding hydrogens is 272 g/mol. The molecule has 0 aliphatic heterocycles. The summed E-state index contributed by atoms with van der Waals surface area (Å²) in [6.45, 7) is 2.27. The van der Waals surface area contributed by atoms with Crippen molar-refractivity contribution in [3.8, 4) is 0 Å². The summed E-state index contributed by atoms with van der Waals surface area (Å²) in [6, 6.07) is 0. The van der Waals surface area contributed by atoms with E-state index in [1.54, 1.807) is 0 Å². The SMILES string of the molecule is CCCCCCCCCCCC=C=CCCCCCC(=O)O. The second-order valence-electron chi connectivity index (χ2n) is 6.19. The molecule has 0 amide bonds. The number of carboxylic acids is 1. The predicted octanol–water partition coefficient (Wildman–Crippen LogP) is 6.65. The van der Waals surface area contributed by atoms with Crippen molar-refractivity contribution in [1.82, 2.24) is 0 Å². The van der Waals surface area contributed by atoms with Crippen LogP contribution in [0.15, 0.2) is 17.9 Å². The molecule has 0 bridgehead atoms. The first-order valence-electron chi connectivity index (χ1n) is 9.38. The van der Waals surface area contributed by atoms with Crippen molar-refractivity contribution in [1.29, 1.82) is 0 Å². The summed E-state index contributed by atoms with van der Waals surface area (Å²) in [5.74, 6) is -0.684. The zero-order chi connectivity index (χ0) is 16.3. The molecule has 0 aromatic carbocycles. The van der Waals surface area contributed by atoms with E-state index in [1.165, 1.54) is 57.8 Å². The van der Waals surface area contributed by atoms with Crippen molar-refractivity contribution in [2.75, 3.05) is 0 Å². The highest BCUT2D eigenvalue weighted by atomic mass is 16.4. The molecule has 0 fully saturated rings. The summed E-state index contributed by atoms with van der Waals surface area (Å²) in [6.07, 6.45) is 22.0. The van der Waals surface area contributed by atoms with Crippen LogP contribution in [0.5, 0.6) is 0 Å². The van der Waals surface area contributed by atoms with E-state index in [0.29, 0.717) is 6.42 Å². The molecule has 0 aliphatic rings. The number of unbranched alkanes of at least 4 members (excludes halogenated alkanes) is 12. The number of hydrogen-bond donors (Lipinski definition) is 1. The van der Waals surface area contributed by atoms with Crippen LogP contribution in [0.2, 0.25) is 0 Å². The fraction of sp³-hybridized carbons (Fsp3) is 0.800. The number of hydrogen-bond acceptors (Lipinski definition) is 1. The van der Waals surface area contributed by atoms with Gasteiger partial charge in [-0.25, -0.2) is 0 Å². The van der Waals surface area contributed by atoms with Gasteiger partial charge in [0.2, 0.25) is 0 Å². The smallest absolute Gasteiger partial charge is 0.303 e. The van der Waals surface area contributed by atoms with E-state index < -0.39 is 5.97 Å². The second-order valence-corrected chi connectivity index (χ2v) is 6.19. The van der Waals surface area contributed by atoms with E-state index in [0.717, 1.165) is 32.1 Å². The Balaban J connectivity index is 3.19. The van der Waals surface area contributed by atoms with Gasteiger partial charge in [0.15, 0.2) is 0 Å². The Kier molecular flexibility index (Phi) is 17.2. The van der Waals surface area contributed by atoms with Gasteiger partial charge in [0.1, 0.15) is 0 Å². The van der Waals surface area contributed by atoms with Gasteiger partial charge in [-0.3, -0.25) is 4.79 Å². The molecule has 22 heavy (non-hydrogen) atoms. The molecule has 0 radical (unpaired) electrons. The number of carboxylic acid groups (broad SMARTS) is 1. The van der Waals surface area contributed by atoms with Crippen LogP contribution < -0.4 is 0 Å². The quantitative estimate of drug-likeness (QED) is 0.256. The van der Waals surface area contributed by atoms with E-state index >= 15 is 0 Å². The lowest BCUT2D eigenvalue weighted by atomic mass is 10.1. The van der Waals surface area contributed by atoms with E-state index in [9.17, 15) is 4.79 Å². The molecule has 128 valence electrons. The van der Waals surface area contributed by atoms with E-state index in [4.69, 9.17) is 5.11 Å². The van der Waals surface area contributed by atoms with E-state index in [1.807, 2.05) is 0 Å². The van der Waals surface area contributed by atoms with Crippen molar-refractivity contribution >= 4 is 5.97 Å². The summed E-state index contributed by atoms with van der Waals surface area (Å²) < 4.78 is 0. The van der Waals surface area contributed by atoms with Crippen LogP contribution in [0.3, 0.4) is 0 Å². The molecule has 0 aromatic heterocycles. The third kappa shape index (κ3) is 19.0. The lowest BCUT2D eigenvalue weighted by Gasteiger charge is -2.00. The number of allylic oxidation sites excluding steroid dienone is 1. The Morgan fingerprint density at radius 2 is 1.23 bits per heavy atom. The minimum Gasteiger partial charge on any atom is -0.481 e. The third-order valence-corrected chi connectivity index (χ3v) is 3.93. The highest BCUT2D eigenvalue weighted by Gasteiger charge is 1.94. The maximum absolute atomic E-state index is 10.3. The van der Waals surface area contributed by atoms with Gasteiger partial charge in [0.05, 0.1) is 0 Å². The Hall–Kier alpha value is -1.01. The number of rotatable bonds is 16. The van der Waals surface area contributed by atoms with Gasteiger partial charge >= 0.3 is 5.97 Å². The number of aliphatic carboxylic acids is 1. The van der Waals surface area contributed by atoms with Crippen LogP contribution >= 0.6 is 0 Å². The van der Waals surface area contributed by atoms with Gasteiger partial charge in [0.25, 0.3) is 0 Å². The highest BCUT2D eigenvalue weighted by molar-refractivity contribution is 5.66. The highest BCUT2D eigenvalue weighted by Crippen LogP contribution is 2.10. The monoisotopic (exact) mass is 308 g/mol. The normalized spacial score (nSPS) is 10.2. The number of carbonyl (C=O) groups is 1. The standard InChI is InChI=1S/C20H36O2/c1-2-3-4-5-6-7-8-9-10-11-12-13-14-15-16-17-18-19-20(21)22/h12,14H,2-11,15-19H2,1H3,(H,21,22). The fourth-order valence-electron chi connectivity index (χ4n) is 2.51. The molecule has 0 saturated heterocycles. The van der Waals surface area contributed by atoms with Gasteiger partial charge in [-0.15, -0.1) is 5.73 Å². The van der Waals surface area contributed by atoms with E-state index in [-0.39, 0.29) is 0 Å². The molecule has 0 aromatic rings. The zero-order valence-corrected chi connectivity index (χ0v) is 14.6. The predicted molar refractivity (Wildman–Crippen MR) is 95.2 cm³/mol. The summed E-state index contributed by atoms with van der Waals surface area (Å²) >= 11 is 0. The second kappa shape index (κ2) is 18.0. The molecule has 0 unspecified atom stereocenters. The molecule has 0 spiro atoms. The lowest BCUT2D eigenvalue weighted by Crippen LogP contribution is -1.93. The first-order chi connectivity index (χ1) is 10.8. The maximum atomic E-state index is 10.3. The third-order valence-electron chi connectivity index (χ3n) is 3.93. The van der Waals surface area contributed by atoms with Crippen LogP contribution in [-0.2, 0) is 4.79 Å². The van der Waals surface area contributed by atoms with Crippen LogP contribution in [-0.4, -0.2) is 11.1 Å². The Morgan fingerprint density at radius 3 is 1.73 bits per heavy atom. The van der Waals surface area contributed by atoms with Crippen LogP contribution in [0.4, 0.5) is 0 Å². The van der Waals surface area contributed by atoms with Crippen molar-refractivity contribution < 1.29 is 9.90 Å². The molecular formula is C20H36O2. The molecule has 0 atom stereocenters. The van der Waals surface area contributed by atoms with Crippen molar-refractivity contribution in [2.45, 2.75) is 103 Å². The molecule has 2 nitrogen and oxygen atoms in total. The average molecular weight is 309 g/mol. The summed E-state index contributed by atoms with van der Waals surface area (Å²) in [4.78, 5) is 10.3. The molecule has 0 rings (SSSR count). The average Bonchev–Trinajstić information content (AvgIpc) is 2.50. The van der Waals surface area contributed by atoms with Crippen LogP contribution in [0.1, 0.15) is 103 Å². The topological polar surface area (TPSA) is 37.3 Å². The van der Waals surface area contributed by atoms with Crippen molar-refractivity contribution in [3.63, 3.8) is 0 Å². The van der Waals surface area contributed by atoms with Gasteiger partial charge in [0, 0.05) is 6.42 Å². The zero-order valence-electron chi connectivity index (χ0n) is 14.6. The van der Waals surface area contributed by atoms with Crippen molar-refractivity contribution in [2.24, 2.45) is 0 Å².